The second-order valence-electron chi connectivity index (χ2n) is 6.63. The highest BCUT2D eigenvalue weighted by Gasteiger charge is 2.26. The van der Waals surface area contributed by atoms with E-state index in [9.17, 15) is 9.90 Å². The number of carbonyl (C=O) groups is 1. The van der Waals surface area contributed by atoms with E-state index in [0.717, 1.165) is 37.4 Å². The number of aromatic nitrogens is 4. The molecule has 0 bridgehead atoms. The summed E-state index contributed by atoms with van der Waals surface area (Å²) < 4.78 is 1.62. The summed E-state index contributed by atoms with van der Waals surface area (Å²) in [5.41, 5.74) is 1.20. The highest BCUT2D eigenvalue weighted by atomic mass is 32.2. The van der Waals surface area contributed by atoms with Crippen molar-refractivity contribution in [3.8, 4) is 5.75 Å². The number of piperidine rings is 1. The number of phenols is 1. The van der Waals surface area contributed by atoms with E-state index < -0.39 is 0 Å². The van der Waals surface area contributed by atoms with Gasteiger partial charge in [0, 0.05) is 31.8 Å². The zero-order chi connectivity index (χ0) is 18.4. The second kappa shape index (κ2) is 9.02. The molecule has 2 aromatic rings. The van der Waals surface area contributed by atoms with E-state index in [-0.39, 0.29) is 5.91 Å². The molecule has 1 amide bonds. The van der Waals surface area contributed by atoms with E-state index in [1.165, 1.54) is 23.7 Å². The van der Waals surface area contributed by atoms with E-state index in [2.05, 4.69) is 20.4 Å². The van der Waals surface area contributed by atoms with Crippen LogP contribution in [0.2, 0.25) is 0 Å². The molecule has 1 aromatic heterocycles. The average Bonchev–Trinajstić information content (AvgIpc) is 3.06. The molecule has 1 aliphatic rings. The van der Waals surface area contributed by atoms with Crippen LogP contribution < -0.4 is 0 Å². The average molecular weight is 375 g/mol. The summed E-state index contributed by atoms with van der Waals surface area (Å²) in [5, 5.41) is 21.5. The van der Waals surface area contributed by atoms with E-state index in [0.29, 0.717) is 24.0 Å². The first-order valence-electron chi connectivity index (χ1n) is 9.06. The second-order valence-corrected chi connectivity index (χ2v) is 7.69. The molecule has 3 rings (SSSR count). The van der Waals surface area contributed by atoms with Crippen LogP contribution in [0.15, 0.2) is 29.4 Å². The molecule has 0 spiro atoms. The van der Waals surface area contributed by atoms with Gasteiger partial charge in [-0.1, -0.05) is 23.9 Å². The number of tetrazole rings is 1. The van der Waals surface area contributed by atoms with Crippen molar-refractivity contribution in [2.45, 2.75) is 49.7 Å². The predicted octanol–water partition coefficient (Wildman–Crippen LogP) is 2.41. The third-order valence-corrected chi connectivity index (χ3v) is 5.79. The normalized spacial score (nSPS) is 17.4. The standard InChI is InChI=1S/C18H25N5O2S/c1-22-18(19-20-21-22)26-13-11-17(25)23-12-3-2-4-15(23)8-5-14-6-9-16(24)10-7-14/h6-7,9-10,15,24H,2-5,8,11-13H2,1H3. The molecule has 1 unspecified atom stereocenters. The first kappa shape index (κ1) is 18.7. The lowest BCUT2D eigenvalue weighted by atomic mass is 9.95. The molecule has 1 aromatic carbocycles. The van der Waals surface area contributed by atoms with Crippen LogP contribution in [-0.4, -0.2) is 54.5 Å². The Morgan fingerprint density at radius 2 is 2.12 bits per heavy atom. The number of hydrogen-bond donors (Lipinski definition) is 1. The van der Waals surface area contributed by atoms with Gasteiger partial charge in [0.1, 0.15) is 5.75 Å². The van der Waals surface area contributed by atoms with Gasteiger partial charge in [-0.25, -0.2) is 4.68 Å². The van der Waals surface area contributed by atoms with Crippen molar-refractivity contribution in [3.05, 3.63) is 29.8 Å². The van der Waals surface area contributed by atoms with Crippen LogP contribution in [0.5, 0.6) is 5.75 Å². The van der Waals surface area contributed by atoms with Gasteiger partial charge in [0.05, 0.1) is 0 Å². The predicted molar refractivity (Wildman–Crippen MR) is 99.9 cm³/mol. The summed E-state index contributed by atoms with van der Waals surface area (Å²) in [4.78, 5) is 14.8. The largest absolute Gasteiger partial charge is 0.508 e. The van der Waals surface area contributed by atoms with Gasteiger partial charge >= 0.3 is 0 Å². The summed E-state index contributed by atoms with van der Waals surface area (Å²) in [6.45, 7) is 0.856. The van der Waals surface area contributed by atoms with E-state index >= 15 is 0 Å². The van der Waals surface area contributed by atoms with E-state index in [1.54, 1.807) is 23.9 Å². The molecule has 2 heterocycles. The number of aryl methyl sites for hydroxylation is 2. The minimum Gasteiger partial charge on any atom is -0.508 e. The molecule has 0 saturated carbocycles. The Kier molecular flexibility index (Phi) is 6.49. The number of thioether (sulfide) groups is 1. The number of phenolic OH excluding ortho intramolecular Hbond substituents is 1. The van der Waals surface area contributed by atoms with Gasteiger partial charge in [-0.3, -0.25) is 4.79 Å². The van der Waals surface area contributed by atoms with Crippen LogP contribution in [0.4, 0.5) is 0 Å². The van der Waals surface area contributed by atoms with Crippen molar-refractivity contribution < 1.29 is 9.90 Å². The fraction of sp³-hybridized carbons (Fsp3) is 0.556. The summed E-state index contributed by atoms with van der Waals surface area (Å²) in [6.07, 6.45) is 5.74. The quantitative estimate of drug-likeness (QED) is 0.748. The maximum atomic E-state index is 12.7. The molecule has 0 radical (unpaired) electrons. The van der Waals surface area contributed by atoms with E-state index in [4.69, 9.17) is 0 Å². The Hall–Kier alpha value is -2.09. The number of carbonyl (C=O) groups excluding carboxylic acids is 1. The lowest BCUT2D eigenvalue weighted by molar-refractivity contribution is -0.134. The van der Waals surface area contributed by atoms with Crippen molar-refractivity contribution in [1.82, 2.24) is 25.1 Å². The van der Waals surface area contributed by atoms with Gasteiger partial charge in [0.25, 0.3) is 0 Å². The molecule has 140 valence electrons. The van der Waals surface area contributed by atoms with Crippen LogP contribution in [0, 0.1) is 0 Å². The smallest absolute Gasteiger partial charge is 0.223 e. The Morgan fingerprint density at radius 3 is 2.85 bits per heavy atom. The van der Waals surface area contributed by atoms with Gasteiger partial charge in [0.2, 0.25) is 11.1 Å². The number of nitrogens with zero attached hydrogens (tertiary/aromatic N) is 5. The topological polar surface area (TPSA) is 84.1 Å². The zero-order valence-electron chi connectivity index (χ0n) is 15.0. The first-order chi connectivity index (χ1) is 12.6. The van der Waals surface area contributed by atoms with Crippen LogP contribution >= 0.6 is 11.8 Å². The molecular weight excluding hydrogens is 350 g/mol. The molecule has 0 aliphatic carbocycles. The van der Waals surface area contributed by atoms with Crippen LogP contribution in [0.1, 0.15) is 37.7 Å². The monoisotopic (exact) mass is 375 g/mol. The molecule has 1 aliphatic heterocycles. The fourth-order valence-electron chi connectivity index (χ4n) is 3.34. The Labute approximate surface area is 157 Å². The number of hydrogen-bond acceptors (Lipinski definition) is 6. The maximum absolute atomic E-state index is 12.7. The van der Waals surface area contributed by atoms with Crippen LogP contribution in [0.25, 0.3) is 0 Å². The Balaban J connectivity index is 1.49. The molecule has 8 heteroatoms. The third-order valence-electron chi connectivity index (χ3n) is 4.78. The van der Waals surface area contributed by atoms with Crippen LogP contribution in [0.3, 0.4) is 0 Å². The first-order valence-corrected chi connectivity index (χ1v) is 10.0. The number of rotatable bonds is 7. The minimum absolute atomic E-state index is 0.225. The summed E-state index contributed by atoms with van der Waals surface area (Å²) in [7, 11) is 1.80. The molecular formula is C18H25N5O2S. The van der Waals surface area contributed by atoms with Crippen LogP contribution in [-0.2, 0) is 18.3 Å². The van der Waals surface area contributed by atoms with Crippen molar-refractivity contribution in [2.24, 2.45) is 7.05 Å². The van der Waals surface area contributed by atoms with Crippen molar-refractivity contribution >= 4 is 17.7 Å². The zero-order valence-corrected chi connectivity index (χ0v) is 15.9. The minimum atomic E-state index is 0.225. The maximum Gasteiger partial charge on any atom is 0.223 e. The highest BCUT2D eigenvalue weighted by molar-refractivity contribution is 7.99. The highest BCUT2D eigenvalue weighted by Crippen LogP contribution is 2.24. The lowest BCUT2D eigenvalue weighted by Gasteiger charge is -2.36. The van der Waals surface area contributed by atoms with E-state index in [1.807, 2.05) is 12.1 Å². The Bertz CT molecular complexity index is 719. The number of aromatic hydroxyl groups is 1. The fourth-order valence-corrected chi connectivity index (χ4v) is 4.12. The number of benzene rings is 1. The third kappa shape index (κ3) is 4.97. The Morgan fingerprint density at radius 1 is 1.31 bits per heavy atom. The molecule has 1 atom stereocenters. The summed E-state index contributed by atoms with van der Waals surface area (Å²) >= 11 is 1.51. The van der Waals surface area contributed by atoms with Crippen molar-refractivity contribution in [3.63, 3.8) is 0 Å². The molecule has 7 nitrogen and oxygen atoms in total. The molecule has 1 saturated heterocycles. The number of likely N-dealkylation sites (tertiary alicyclic amines) is 1. The molecule has 1 fully saturated rings. The van der Waals surface area contributed by atoms with Gasteiger partial charge in [-0.05, 0) is 60.2 Å². The summed E-state index contributed by atoms with van der Waals surface area (Å²) in [5.74, 6) is 1.20. The molecule has 26 heavy (non-hydrogen) atoms. The summed E-state index contributed by atoms with van der Waals surface area (Å²) in [6, 6.07) is 7.66. The van der Waals surface area contributed by atoms with Gasteiger partial charge in [-0.2, -0.15) is 0 Å². The van der Waals surface area contributed by atoms with Crippen molar-refractivity contribution in [1.29, 1.82) is 0 Å². The SMILES string of the molecule is Cn1nnnc1SCCC(=O)N1CCCCC1CCc1ccc(O)cc1. The van der Waals surface area contributed by atoms with Crippen molar-refractivity contribution in [2.75, 3.05) is 12.3 Å². The lowest BCUT2D eigenvalue weighted by Crippen LogP contribution is -2.44. The van der Waals surface area contributed by atoms with Gasteiger partial charge in [0.15, 0.2) is 0 Å². The van der Waals surface area contributed by atoms with Gasteiger partial charge in [-0.15, -0.1) is 5.10 Å². The number of amides is 1. The molecule has 1 N–H and O–H groups in total. The van der Waals surface area contributed by atoms with Gasteiger partial charge < -0.3 is 10.0 Å².